The number of para-hydroxylation sites is 10. The summed E-state index contributed by atoms with van der Waals surface area (Å²) < 4.78 is 21.2. The average Bonchev–Trinajstić information content (AvgIpc) is 4.24. The van der Waals surface area contributed by atoms with Gasteiger partial charge in [0.05, 0.1) is 34.1 Å². The summed E-state index contributed by atoms with van der Waals surface area (Å²) in [7, 11) is 0. The number of fused-ring (bicyclic) bond motifs is 17. The first-order valence-electron chi connectivity index (χ1n) is 26.7. The van der Waals surface area contributed by atoms with Gasteiger partial charge in [-0.3, -0.25) is 0 Å². The minimum atomic E-state index is -0.0441. The molecule has 0 N–H and O–H groups in total. The van der Waals surface area contributed by atoms with Gasteiger partial charge < -0.3 is 33.0 Å². The van der Waals surface area contributed by atoms with Crippen LogP contribution >= 0.6 is 0 Å². The summed E-state index contributed by atoms with van der Waals surface area (Å²) in [5.74, 6) is 3.83. The van der Waals surface area contributed by atoms with Gasteiger partial charge in [-0.1, -0.05) is 128 Å². The van der Waals surface area contributed by atoms with E-state index in [-0.39, 0.29) is 25.4 Å². The zero-order valence-corrected chi connectivity index (χ0v) is 41.0. The zero-order valence-electron chi connectivity index (χ0n) is 41.0. The van der Waals surface area contributed by atoms with Crippen molar-refractivity contribution in [3.8, 4) is 34.3 Å². The molecule has 0 saturated carbocycles. The number of hydrogen-bond donors (Lipinski definition) is 0. The highest BCUT2D eigenvalue weighted by Crippen LogP contribution is 2.53. The molecule has 7 nitrogen and oxygen atoms in total. The number of ether oxygens (including phenoxy) is 2. The fourth-order valence-electron chi connectivity index (χ4n) is 15.6. The van der Waals surface area contributed by atoms with Gasteiger partial charge >= 0.3 is 0 Å². The average molecular weight is 968 g/mol. The smallest absolute Gasteiger partial charge is 0.252 e. The van der Waals surface area contributed by atoms with Crippen molar-refractivity contribution in [2.75, 3.05) is 9.80 Å². The van der Waals surface area contributed by atoms with Gasteiger partial charge in [0.15, 0.2) is 17.2 Å². The van der Waals surface area contributed by atoms with E-state index < -0.39 is 0 Å². The van der Waals surface area contributed by atoms with Crippen LogP contribution in [0, 0.1) is 5.92 Å². The van der Waals surface area contributed by atoms with E-state index >= 15 is 0 Å². The molecule has 6 aliphatic heterocycles. The fraction of sp³-hybridized carbons (Fsp3) is 0.0448. The lowest BCUT2D eigenvalue weighted by Crippen LogP contribution is -2.66. The molecule has 13 aromatic rings. The van der Waals surface area contributed by atoms with Crippen molar-refractivity contribution >= 4 is 140 Å². The second kappa shape index (κ2) is 13.2. The third kappa shape index (κ3) is 4.37. The summed E-state index contributed by atoms with van der Waals surface area (Å²) in [6.07, 6.45) is 6.60. The van der Waals surface area contributed by atoms with Crippen LogP contribution in [0.1, 0.15) is 6.92 Å². The van der Waals surface area contributed by atoms with E-state index in [0.717, 1.165) is 51.4 Å². The molecule has 9 heteroatoms. The number of hydrogen-bond acceptors (Lipinski definition) is 4. The molecule has 7 aliphatic rings. The van der Waals surface area contributed by atoms with Crippen LogP contribution in [0.5, 0.6) is 17.2 Å². The Morgan fingerprint density at radius 2 is 0.947 bits per heavy atom. The standard InChI is InChI=1S/C67H39B2N5O2/c1-36-14-10-29-59-62(36)71(53-25-6-9-28-58(53)76-59)37-30-31-50-43(32-37)41-17-12-19-45-64(41)73(50)54-35-55-61-67-60(54)68(45)47-21-13-18-42-44-33-38(70-51-23-4-7-26-56(51)75-57-27-8-5-24-52(57)70)34-48(66(44)74(67)65(42)47)69(61)46-20-11-16-40-39-15-2-3-22-49(39)72(55)63(40)46/h2-36,62H,1H3. The van der Waals surface area contributed by atoms with Gasteiger partial charge in [0.25, 0.3) is 13.4 Å². The molecule has 76 heavy (non-hydrogen) atoms. The molecule has 2 unspecified atom stereocenters. The Labute approximate surface area is 436 Å². The topological polar surface area (TPSA) is 39.7 Å². The van der Waals surface area contributed by atoms with Gasteiger partial charge in [-0.25, -0.2) is 0 Å². The van der Waals surface area contributed by atoms with Crippen LogP contribution < -0.4 is 52.1 Å². The monoisotopic (exact) mass is 967 g/mol. The molecule has 9 heterocycles. The number of aromatic nitrogens is 3. The van der Waals surface area contributed by atoms with Crippen LogP contribution in [0.4, 0.5) is 28.4 Å². The first-order valence-corrected chi connectivity index (χ1v) is 26.7. The van der Waals surface area contributed by atoms with Crippen LogP contribution in [-0.2, 0) is 0 Å². The van der Waals surface area contributed by atoms with Gasteiger partial charge in [0, 0.05) is 88.7 Å². The third-order valence-electron chi connectivity index (χ3n) is 18.4. The summed E-state index contributed by atoms with van der Waals surface area (Å²) >= 11 is 0. The molecular formula is C67H39B2N5O2. The first kappa shape index (κ1) is 38.9. The number of benzene rings is 10. The van der Waals surface area contributed by atoms with Crippen LogP contribution in [0.3, 0.4) is 0 Å². The van der Waals surface area contributed by atoms with E-state index in [2.05, 4.69) is 237 Å². The molecule has 0 spiro atoms. The number of rotatable bonds is 2. The predicted octanol–water partition coefficient (Wildman–Crippen LogP) is 11.8. The normalized spacial score (nSPS) is 17.1. The highest BCUT2D eigenvalue weighted by molar-refractivity contribution is 7.04. The van der Waals surface area contributed by atoms with Crippen molar-refractivity contribution in [2.45, 2.75) is 13.0 Å². The Hall–Kier alpha value is -9.59. The lowest BCUT2D eigenvalue weighted by Gasteiger charge is -2.43. The molecular weight excluding hydrogens is 928 g/mol. The van der Waals surface area contributed by atoms with Gasteiger partial charge in [-0.2, -0.15) is 0 Å². The van der Waals surface area contributed by atoms with Crippen molar-refractivity contribution in [1.29, 1.82) is 0 Å². The van der Waals surface area contributed by atoms with Crippen LogP contribution in [0.15, 0.2) is 212 Å². The Kier molecular flexibility index (Phi) is 6.76. The minimum Gasteiger partial charge on any atom is -0.457 e. The van der Waals surface area contributed by atoms with Crippen molar-refractivity contribution in [3.05, 3.63) is 212 Å². The van der Waals surface area contributed by atoms with Crippen molar-refractivity contribution < 1.29 is 9.47 Å². The van der Waals surface area contributed by atoms with E-state index in [1.807, 2.05) is 0 Å². The predicted molar refractivity (Wildman–Crippen MR) is 313 cm³/mol. The lowest BCUT2D eigenvalue weighted by atomic mass is 9.30. The van der Waals surface area contributed by atoms with Crippen LogP contribution in [0.2, 0.25) is 0 Å². The molecule has 0 amide bonds. The number of allylic oxidation sites excluding steroid dienone is 2. The Morgan fingerprint density at radius 3 is 1.66 bits per heavy atom. The molecule has 0 fully saturated rings. The summed E-state index contributed by atoms with van der Waals surface area (Å²) in [5.41, 5.74) is 25.1. The third-order valence-corrected chi connectivity index (χ3v) is 18.4. The van der Waals surface area contributed by atoms with Crippen LogP contribution in [-0.4, -0.2) is 33.2 Å². The maximum absolute atomic E-state index is 6.64. The van der Waals surface area contributed by atoms with Gasteiger partial charge in [0.2, 0.25) is 0 Å². The van der Waals surface area contributed by atoms with Crippen molar-refractivity contribution in [3.63, 3.8) is 0 Å². The highest BCUT2D eigenvalue weighted by atomic mass is 16.5. The van der Waals surface area contributed by atoms with Gasteiger partial charge in [-0.05, 0) is 118 Å². The van der Waals surface area contributed by atoms with E-state index in [4.69, 9.17) is 9.47 Å². The molecule has 0 saturated heterocycles. The highest BCUT2D eigenvalue weighted by Gasteiger charge is 2.49. The van der Waals surface area contributed by atoms with Gasteiger partial charge in [0.1, 0.15) is 5.76 Å². The molecule has 0 bridgehead atoms. The SMILES string of the molecule is CC1C=CC=C2Oc3ccccc3N(c3ccc4c(c3)c3cccc5c3n4-c3cc4c6c7c3B5c3cccc5c8cc(N9c%10ccccc%10Oc%10ccccc%109)cc(c8n-7c35)B6c3cccc5c6ccccc6n-4c35)C21. The maximum atomic E-state index is 6.64. The summed E-state index contributed by atoms with van der Waals surface area (Å²) in [4.78, 5) is 4.96. The second-order valence-corrected chi connectivity index (χ2v) is 21.9. The van der Waals surface area contributed by atoms with E-state index in [1.54, 1.807) is 0 Å². The Balaban J connectivity index is 0.925. The zero-order chi connectivity index (χ0) is 49.0. The molecule has 3 aromatic heterocycles. The van der Waals surface area contributed by atoms with E-state index in [0.29, 0.717) is 0 Å². The van der Waals surface area contributed by atoms with E-state index in [9.17, 15) is 0 Å². The molecule has 0 radical (unpaired) electrons. The molecule has 1 aliphatic carbocycles. The maximum Gasteiger partial charge on any atom is 0.252 e. The van der Waals surface area contributed by atoms with Crippen molar-refractivity contribution in [1.82, 2.24) is 13.7 Å². The lowest BCUT2D eigenvalue weighted by molar-refractivity contribution is 0.334. The Morgan fingerprint density at radius 1 is 0.408 bits per heavy atom. The summed E-state index contributed by atoms with van der Waals surface area (Å²) in [6.45, 7) is 2.26. The van der Waals surface area contributed by atoms with Crippen LogP contribution in [0.25, 0.3) is 82.5 Å². The molecule has 10 aromatic carbocycles. The number of nitrogens with zero attached hydrogens (tertiary/aromatic N) is 5. The first-order chi connectivity index (χ1) is 37.7. The second-order valence-electron chi connectivity index (χ2n) is 21.9. The van der Waals surface area contributed by atoms with Gasteiger partial charge in [-0.15, -0.1) is 0 Å². The fourth-order valence-corrected chi connectivity index (χ4v) is 15.6. The largest absolute Gasteiger partial charge is 0.457 e. The summed E-state index contributed by atoms with van der Waals surface area (Å²) in [6, 6.07) is 70.7. The molecule has 350 valence electrons. The quantitative estimate of drug-likeness (QED) is 0.162. The minimum absolute atomic E-state index is 0.00255. The van der Waals surface area contributed by atoms with Crippen molar-refractivity contribution in [2.24, 2.45) is 5.92 Å². The number of anilines is 5. The summed E-state index contributed by atoms with van der Waals surface area (Å²) in [5, 5.41) is 7.64. The van der Waals surface area contributed by atoms with E-state index in [1.165, 1.54) is 115 Å². The molecule has 20 rings (SSSR count). The Bertz CT molecular complexity index is 4990. The molecule has 2 atom stereocenters.